The van der Waals surface area contributed by atoms with Gasteiger partial charge in [-0.25, -0.2) is 0 Å². The van der Waals surface area contributed by atoms with Gasteiger partial charge < -0.3 is 14.0 Å². The third-order valence-corrected chi connectivity index (χ3v) is 2.83. The molecule has 1 heterocycles. The van der Waals surface area contributed by atoms with Crippen LogP contribution in [0.2, 0.25) is 0 Å². The third kappa shape index (κ3) is 2.69. The highest BCUT2D eigenvalue weighted by atomic mass is 16.5. The lowest BCUT2D eigenvalue weighted by atomic mass is 9.95. The van der Waals surface area contributed by atoms with Crippen LogP contribution >= 0.6 is 0 Å². The number of esters is 1. The molecule has 0 aromatic heterocycles. The Hall–Kier alpha value is -0.610. The second-order valence-corrected chi connectivity index (χ2v) is 4.61. The second-order valence-electron chi connectivity index (χ2n) is 4.61. The van der Waals surface area contributed by atoms with Crippen molar-refractivity contribution >= 4 is 5.97 Å². The van der Waals surface area contributed by atoms with Gasteiger partial charge in [0.1, 0.15) is 18.6 Å². The molecule has 0 aromatic carbocycles. The number of carbonyl (C=O) groups excluding carboxylic acids is 1. The van der Waals surface area contributed by atoms with Gasteiger partial charge in [-0.2, -0.15) is 0 Å². The Kier molecular flexibility index (Phi) is 3.50. The molecule has 0 N–H and O–H groups in total. The van der Waals surface area contributed by atoms with Gasteiger partial charge in [-0.1, -0.05) is 0 Å². The molecule has 1 rings (SSSR count). The molecule has 1 fully saturated rings. The number of hydrogen-bond acceptors (Lipinski definition) is 3. The summed E-state index contributed by atoms with van der Waals surface area (Å²) in [5.41, 5.74) is 0. The van der Waals surface area contributed by atoms with Crippen molar-refractivity contribution in [2.45, 2.75) is 12.5 Å². The Balaban J connectivity index is 2.65. The summed E-state index contributed by atoms with van der Waals surface area (Å²) in [5, 5.41) is 0. The van der Waals surface area contributed by atoms with Gasteiger partial charge in [-0.3, -0.25) is 4.79 Å². The number of piperidine rings is 1. The van der Waals surface area contributed by atoms with Gasteiger partial charge in [0.15, 0.2) is 0 Å². The molecule has 0 bridgehead atoms. The van der Waals surface area contributed by atoms with Crippen LogP contribution < -0.4 is 0 Å². The summed E-state index contributed by atoms with van der Waals surface area (Å²) in [7, 11) is 7.37. The molecule has 82 valence electrons. The largest absolute Gasteiger partial charge is 0.469 e. The zero-order valence-electron chi connectivity index (χ0n) is 9.45. The summed E-state index contributed by atoms with van der Waals surface area (Å²) in [6, 6.07) is 0. The molecular weight excluding hydrogens is 182 g/mol. The molecule has 4 nitrogen and oxygen atoms in total. The normalized spacial score (nSPS) is 31.1. The van der Waals surface area contributed by atoms with Crippen LogP contribution in [-0.2, 0) is 14.3 Å². The van der Waals surface area contributed by atoms with Gasteiger partial charge in [0.05, 0.1) is 27.7 Å². The Bertz CT molecular complexity index is 215. The van der Waals surface area contributed by atoms with Crippen LogP contribution in [-0.4, -0.2) is 58.0 Å². The number of nitrogens with zero attached hydrogens (tertiary/aromatic N) is 1. The topological polar surface area (TPSA) is 35.5 Å². The predicted molar refractivity (Wildman–Crippen MR) is 52.8 cm³/mol. The number of likely N-dealkylation sites (N-methyl/N-ethyl adjacent to an activating group) is 1. The Morgan fingerprint density at radius 3 is 2.43 bits per heavy atom. The first kappa shape index (κ1) is 11.5. The fraction of sp³-hybridized carbons (Fsp3) is 0.900. The highest BCUT2D eigenvalue weighted by molar-refractivity contribution is 5.72. The average molecular weight is 202 g/mol. The molecule has 1 aliphatic heterocycles. The monoisotopic (exact) mass is 202 g/mol. The molecule has 0 spiro atoms. The smallest absolute Gasteiger partial charge is 0.314 e. The number of quaternary nitrogens is 1. The lowest BCUT2D eigenvalue weighted by molar-refractivity contribution is -0.901. The molecule has 4 heteroatoms. The zero-order chi connectivity index (χ0) is 10.8. The second kappa shape index (κ2) is 4.28. The van der Waals surface area contributed by atoms with Gasteiger partial charge in [-0.15, -0.1) is 0 Å². The van der Waals surface area contributed by atoms with Crippen LogP contribution in [0, 0.1) is 5.92 Å². The number of hydrogen-bond donors (Lipinski definition) is 0. The molecular formula is C10H20NO3+. The minimum atomic E-state index is -0.113. The zero-order valence-corrected chi connectivity index (χ0v) is 9.45. The fourth-order valence-corrected chi connectivity index (χ4v) is 2.20. The fourth-order valence-electron chi connectivity index (χ4n) is 2.20. The van der Waals surface area contributed by atoms with Gasteiger partial charge >= 0.3 is 5.97 Å². The molecule has 2 atom stereocenters. The van der Waals surface area contributed by atoms with Crippen molar-refractivity contribution in [1.29, 1.82) is 0 Å². The van der Waals surface area contributed by atoms with E-state index in [9.17, 15) is 4.79 Å². The van der Waals surface area contributed by atoms with E-state index in [2.05, 4.69) is 14.1 Å². The maximum absolute atomic E-state index is 11.4. The number of likely N-dealkylation sites (tertiary alicyclic amines) is 1. The van der Waals surface area contributed by atoms with Crippen molar-refractivity contribution in [3.8, 4) is 0 Å². The van der Waals surface area contributed by atoms with Gasteiger partial charge in [0.2, 0.25) is 0 Å². The predicted octanol–water partition coefficient (Wildman–Crippen LogP) is 0.271. The quantitative estimate of drug-likeness (QED) is 0.476. The summed E-state index contributed by atoms with van der Waals surface area (Å²) < 4.78 is 10.9. The number of methoxy groups -OCH3 is 2. The highest BCUT2D eigenvalue weighted by Crippen LogP contribution is 2.22. The molecule has 0 aliphatic carbocycles. The van der Waals surface area contributed by atoms with Crippen LogP contribution in [0.1, 0.15) is 6.42 Å². The SMILES string of the molecule is COC(=O)C1CC(OC)C[N+](C)(C)C1. The van der Waals surface area contributed by atoms with Crippen molar-refractivity contribution in [2.24, 2.45) is 5.92 Å². The van der Waals surface area contributed by atoms with E-state index in [1.807, 2.05) is 0 Å². The maximum Gasteiger partial charge on any atom is 0.314 e. The van der Waals surface area contributed by atoms with Crippen molar-refractivity contribution < 1.29 is 18.8 Å². The Morgan fingerprint density at radius 2 is 1.93 bits per heavy atom. The summed E-state index contributed by atoms with van der Waals surface area (Å²) in [6.45, 7) is 1.80. The van der Waals surface area contributed by atoms with E-state index in [0.29, 0.717) is 0 Å². The molecule has 2 unspecified atom stereocenters. The molecule has 0 amide bonds. The number of rotatable bonds is 2. The first-order valence-electron chi connectivity index (χ1n) is 4.91. The van der Waals surface area contributed by atoms with Crippen molar-refractivity contribution in [2.75, 3.05) is 41.4 Å². The number of ether oxygens (including phenoxy) is 2. The molecule has 0 radical (unpaired) electrons. The van der Waals surface area contributed by atoms with Gasteiger partial charge in [-0.05, 0) is 6.42 Å². The Morgan fingerprint density at radius 1 is 1.29 bits per heavy atom. The maximum atomic E-state index is 11.4. The molecule has 1 saturated heterocycles. The van der Waals surface area contributed by atoms with Crippen LogP contribution in [0.3, 0.4) is 0 Å². The van der Waals surface area contributed by atoms with Crippen molar-refractivity contribution in [3.05, 3.63) is 0 Å². The van der Waals surface area contributed by atoms with E-state index in [1.165, 1.54) is 7.11 Å². The van der Waals surface area contributed by atoms with Crippen LogP contribution in [0.25, 0.3) is 0 Å². The molecule has 14 heavy (non-hydrogen) atoms. The third-order valence-electron chi connectivity index (χ3n) is 2.83. The lowest BCUT2D eigenvalue weighted by Crippen LogP contribution is -2.55. The van der Waals surface area contributed by atoms with Gasteiger partial charge in [0.25, 0.3) is 0 Å². The van der Waals surface area contributed by atoms with E-state index in [1.54, 1.807) is 7.11 Å². The average Bonchev–Trinajstić information content (AvgIpc) is 2.14. The van der Waals surface area contributed by atoms with E-state index in [4.69, 9.17) is 9.47 Å². The summed E-state index contributed by atoms with van der Waals surface area (Å²) in [4.78, 5) is 11.4. The summed E-state index contributed by atoms with van der Waals surface area (Å²) in [6.07, 6.45) is 0.952. The first-order valence-corrected chi connectivity index (χ1v) is 4.91. The van der Waals surface area contributed by atoms with Crippen molar-refractivity contribution in [3.63, 3.8) is 0 Å². The molecule has 1 aliphatic rings. The molecule has 0 saturated carbocycles. The molecule has 0 aromatic rings. The van der Waals surface area contributed by atoms with Crippen LogP contribution in [0.5, 0.6) is 0 Å². The van der Waals surface area contributed by atoms with Crippen LogP contribution in [0.4, 0.5) is 0 Å². The number of carbonyl (C=O) groups is 1. The van der Waals surface area contributed by atoms with Gasteiger partial charge in [0, 0.05) is 7.11 Å². The van der Waals surface area contributed by atoms with Crippen molar-refractivity contribution in [1.82, 2.24) is 0 Å². The van der Waals surface area contributed by atoms with Crippen LogP contribution in [0.15, 0.2) is 0 Å². The minimum Gasteiger partial charge on any atom is -0.469 e. The first-order chi connectivity index (χ1) is 6.48. The lowest BCUT2D eigenvalue weighted by Gasteiger charge is -2.40. The summed E-state index contributed by atoms with van der Waals surface area (Å²) >= 11 is 0. The van der Waals surface area contributed by atoms with E-state index in [0.717, 1.165) is 24.0 Å². The minimum absolute atomic E-state index is 0.0197. The van der Waals surface area contributed by atoms with E-state index >= 15 is 0 Å². The Labute approximate surface area is 85.4 Å². The van der Waals surface area contributed by atoms with E-state index in [-0.39, 0.29) is 18.0 Å². The van der Waals surface area contributed by atoms with E-state index < -0.39 is 0 Å². The highest BCUT2D eigenvalue weighted by Gasteiger charge is 2.38. The summed E-state index contributed by atoms with van der Waals surface area (Å²) in [5.74, 6) is -0.133. The standard InChI is InChI=1S/C10H20NO3/c1-11(2)6-8(10(12)14-4)5-9(7-11)13-3/h8-9H,5-7H2,1-4H3/q+1.